The Balaban J connectivity index is 0.000000158. The number of aromatic nitrogens is 4. The van der Waals surface area contributed by atoms with E-state index in [1.54, 1.807) is 16.8 Å². The standard InChI is InChI=1S/C15H18N2O.C8H6BrN3O/c1-10(9-11-5-4-6-11)14-12-7-2-3-8-13(12)15(18)17-16-14;9-5-1-2-7-6(8(10)13)3-11-12(7)4-5/h2-3,7-8,10-11H,4-6,9H2,1H3,(H,17,18);1-4H,(H2,10,13)/t10-;/m0./s1. The second kappa shape index (κ2) is 9.01. The molecule has 8 heteroatoms. The normalized spacial score (nSPS) is 14.6. The van der Waals surface area contributed by atoms with Gasteiger partial charge < -0.3 is 5.73 Å². The van der Waals surface area contributed by atoms with E-state index >= 15 is 0 Å². The molecule has 1 aromatic carbocycles. The molecule has 4 aromatic rings. The zero-order valence-electron chi connectivity index (χ0n) is 17.2. The molecule has 160 valence electrons. The summed E-state index contributed by atoms with van der Waals surface area (Å²) in [6, 6.07) is 11.4. The van der Waals surface area contributed by atoms with Crippen LogP contribution >= 0.6 is 15.9 Å². The molecule has 0 saturated heterocycles. The van der Waals surface area contributed by atoms with Crippen LogP contribution in [-0.2, 0) is 0 Å². The molecular weight excluding hydrogens is 458 g/mol. The highest BCUT2D eigenvalue weighted by atomic mass is 79.9. The molecule has 1 saturated carbocycles. The summed E-state index contributed by atoms with van der Waals surface area (Å²) < 4.78 is 2.50. The van der Waals surface area contributed by atoms with Gasteiger partial charge in [-0.3, -0.25) is 9.59 Å². The fourth-order valence-electron chi connectivity index (χ4n) is 4.00. The van der Waals surface area contributed by atoms with Crippen LogP contribution < -0.4 is 11.3 Å². The number of H-pyrrole nitrogens is 1. The SMILES string of the molecule is C[C@@H](CC1CCC1)c1n[nH]c(=O)c2ccccc12.NC(=O)c1cnn2cc(Br)ccc12. The van der Waals surface area contributed by atoms with Gasteiger partial charge in [0.2, 0.25) is 0 Å². The summed E-state index contributed by atoms with van der Waals surface area (Å²) in [5.74, 6) is 0.807. The number of nitrogens with two attached hydrogens (primary N) is 1. The monoisotopic (exact) mass is 481 g/mol. The van der Waals surface area contributed by atoms with Crippen molar-refractivity contribution < 1.29 is 4.79 Å². The maximum atomic E-state index is 11.7. The Kier molecular flexibility index (Phi) is 6.18. The topological polar surface area (TPSA) is 106 Å². The number of pyridine rings is 1. The first-order valence-corrected chi connectivity index (χ1v) is 11.1. The highest BCUT2D eigenvalue weighted by molar-refractivity contribution is 9.10. The number of hydrogen-bond acceptors (Lipinski definition) is 4. The van der Waals surface area contributed by atoms with Crippen LogP contribution in [0.25, 0.3) is 16.3 Å². The van der Waals surface area contributed by atoms with Crippen molar-refractivity contribution in [2.75, 3.05) is 0 Å². The maximum Gasteiger partial charge on any atom is 0.272 e. The first-order valence-electron chi connectivity index (χ1n) is 10.3. The van der Waals surface area contributed by atoms with Crippen molar-refractivity contribution in [1.29, 1.82) is 0 Å². The third-order valence-electron chi connectivity index (χ3n) is 5.85. The van der Waals surface area contributed by atoms with Crippen LogP contribution in [0.1, 0.15) is 54.6 Å². The third-order valence-corrected chi connectivity index (χ3v) is 6.32. The molecule has 0 spiro atoms. The number of amides is 1. The van der Waals surface area contributed by atoms with E-state index in [9.17, 15) is 9.59 Å². The predicted molar refractivity (Wildman–Crippen MR) is 124 cm³/mol. The third kappa shape index (κ3) is 4.54. The molecule has 0 unspecified atom stereocenters. The van der Waals surface area contributed by atoms with Gasteiger partial charge in [0.05, 0.1) is 28.4 Å². The van der Waals surface area contributed by atoms with Gasteiger partial charge in [-0.15, -0.1) is 0 Å². The Morgan fingerprint density at radius 1 is 1.26 bits per heavy atom. The number of nitrogens with one attached hydrogen (secondary N) is 1. The van der Waals surface area contributed by atoms with Crippen molar-refractivity contribution in [3.8, 4) is 0 Å². The van der Waals surface area contributed by atoms with E-state index in [-0.39, 0.29) is 5.56 Å². The maximum absolute atomic E-state index is 11.7. The molecule has 1 aliphatic rings. The van der Waals surface area contributed by atoms with E-state index in [4.69, 9.17) is 5.73 Å². The highest BCUT2D eigenvalue weighted by Crippen LogP contribution is 2.36. The smallest absolute Gasteiger partial charge is 0.272 e. The molecule has 0 bridgehead atoms. The first kappa shape index (κ1) is 21.2. The molecule has 1 fully saturated rings. The van der Waals surface area contributed by atoms with Crippen LogP contribution in [0, 0.1) is 5.92 Å². The minimum atomic E-state index is -0.461. The average molecular weight is 482 g/mol. The molecule has 7 nitrogen and oxygen atoms in total. The Labute approximate surface area is 187 Å². The molecule has 0 aliphatic heterocycles. The Bertz CT molecular complexity index is 1290. The number of carbonyl (C=O) groups is 1. The zero-order valence-corrected chi connectivity index (χ0v) is 18.8. The second-order valence-corrected chi connectivity index (χ2v) is 8.93. The lowest BCUT2D eigenvalue weighted by atomic mass is 9.78. The van der Waals surface area contributed by atoms with Gasteiger partial charge in [0.1, 0.15) is 0 Å². The highest BCUT2D eigenvalue weighted by Gasteiger charge is 2.22. The lowest BCUT2D eigenvalue weighted by molar-refractivity contribution is 0.100. The van der Waals surface area contributed by atoms with E-state index in [1.807, 2.05) is 30.3 Å². The van der Waals surface area contributed by atoms with Crippen LogP contribution in [0.4, 0.5) is 0 Å². The second-order valence-electron chi connectivity index (χ2n) is 8.02. The summed E-state index contributed by atoms with van der Waals surface area (Å²) in [5.41, 5.74) is 7.26. The van der Waals surface area contributed by atoms with Gasteiger partial charge in [0.15, 0.2) is 0 Å². The van der Waals surface area contributed by atoms with Gasteiger partial charge in [-0.25, -0.2) is 9.61 Å². The molecule has 5 rings (SSSR count). The summed E-state index contributed by atoms with van der Waals surface area (Å²) in [5, 5.41) is 12.7. The zero-order chi connectivity index (χ0) is 22.0. The lowest BCUT2D eigenvalue weighted by Crippen LogP contribution is -2.17. The average Bonchev–Trinajstić information content (AvgIpc) is 3.15. The molecular formula is C23H24BrN5O2. The van der Waals surface area contributed by atoms with Gasteiger partial charge >= 0.3 is 0 Å². The van der Waals surface area contributed by atoms with Crippen LogP contribution in [0.2, 0.25) is 0 Å². The molecule has 31 heavy (non-hydrogen) atoms. The van der Waals surface area contributed by atoms with Gasteiger partial charge in [-0.2, -0.15) is 10.2 Å². The van der Waals surface area contributed by atoms with E-state index < -0.39 is 5.91 Å². The van der Waals surface area contributed by atoms with E-state index in [1.165, 1.54) is 31.9 Å². The molecule has 0 radical (unpaired) electrons. The van der Waals surface area contributed by atoms with Crippen LogP contribution in [0.3, 0.4) is 0 Å². The van der Waals surface area contributed by atoms with Crippen molar-refractivity contribution in [1.82, 2.24) is 19.8 Å². The van der Waals surface area contributed by atoms with Crippen LogP contribution in [0.5, 0.6) is 0 Å². The predicted octanol–water partition coefficient (Wildman–Crippen LogP) is 4.41. The number of halogens is 1. The van der Waals surface area contributed by atoms with Crippen molar-refractivity contribution in [3.63, 3.8) is 0 Å². The molecule has 3 aromatic heterocycles. The molecule has 1 atom stereocenters. The summed E-state index contributed by atoms with van der Waals surface area (Å²) >= 11 is 3.30. The molecule has 3 heterocycles. The largest absolute Gasteiger partial charge is 0.365 e. The number of hydrogen-bond donors (Lipinski definition) is 2. The van der Waals surface area contributed by atoms with Crippen molar-refractivity contribution >= 4 is 38.1 Å². The Hall–Kier alpha value is -3.00. The van der Waals surface area contributed by atoms with Crippen molar-refractivity contribution in [2.45, 2.75) is 38.5 Å². The van der Waals surface area contributed by atoms with Crippen LogP contribution in [-0.4, -0.2) is 25.7 Å². The Morgan fingerprint density at radius 2 is 2.00 bits per heavy atom. The molecule has 1 amide bonds. The summed E-state index contributed by atoms with van der Waals surface area (Å²) in [7, 11) is 0. The number of benzene rings is 1. The number of carbonyl (C=O) groups excluding carboxylic acids is 1. The van der Waals surface area contributed by atoms with Gasteiger partial charge in [-0.1, -0.05) is 44.4 Å². The Morgan fingerprint density at radius 3 is 2.68 bits per heavy atom. The van der Waals surface area contributed by atoms with Crippen molar-refractivity contribution in [3.05, 3.63) is 74.9 Å². The van der Waals surface area contributed by atoms with Gasteiger partial charge in [0.25, 0.3) is 11.5 Å². The fraction of sp³-hybridized carbons (Fsp3) is 0.304. The summed E-state index contributed by atoms with van der Waals surface area (Å²) in [6.07, 6.45) is 8.49. The quantitative estimate of drug-likeness (QED) is 0.449. The minimum absolute atomic E-state index is 0.0924. The van der Waals surface area contributed by atoms with E-state index in [2.05, 4.69) is 38.1 Å². The number of nitrogens with zero attached hydrogens (tertiary/aromatic N) is 3. The fourth-order valence-corrected chi connectivity index (χ4v) is 4.33. The number of rotatable bonds is 4. The minimum Gasteiger partial charge on any atom is -0.365 e. The molecule has 1 aliphatic carbocycles. The molecule has 3 N–H and O–H groups in total. The van der Waals surface area contributed by atoms with Crippen molar-refractivity contribution in [2.24, 2.45) is 11.7 Å². The van der Waals surface area contributed by atoms with Gasteiger partial charge in [0, 0.05) is 22.0 Å². The first-order chi connectivity index (χ1) is 14.9. The number of aromatic amines is 1. The van der Waals surface area contributed by atoms with Gasteiger partial charge in [-0.05, 0) is 46.5 Å². The number of primary amides is 1. The lowest BCUT2D eigenvalue weighted by Gasteiger charge is -2.28. The van der Waals surface area contributed by atoms with E-state index in [0.717, 1.165) is 32.4 Å². The van der Waals surface area contributed by atoms with Crippen LogP contribution in [0.15, 0.2) is 58.1 Å². The van der Waals surface area contributed by atoms with E-state index in [0.29, 0.717) is 11.5 Å². The number of fused-ring (bicyclic) bond motifs is 2. The summed E-state index contributed by atoms with van der Waals surface area (Å²) in [6.45, 7) is 2.21. The summed E-state index contributed by atoms with van der Waals surface area (Å²) in [4.78, 5) is 22.6.